The van der Waals surface area contributed by atoms with Gasteiger partial charge in [-0.1, -0.05) is 0 Å². The summed E-state index contributed by atoms with van der Waals surface area (Å²) in [6, 6.07) is 1.88. The van der Waals surface area contributed by atoms with Gasteiger partial charge in [-0.3, -0.25) is 4.68 Å². The zero-order valence-corrected chi connectivity index (χ0v) is 7.49. The summed E-state index contributed by atoms with van der Waals surface area (Å²) in [4.78, 5) is 0. The van der Waals surface area contributed by atoms with E-state index in [1.54, 1.807) is 11.6 Å². The minimum absolute atomic E-state index is 0.254. The maximum Gasteiger partial charge on any atom is 0.0797 e. The number of hydrogen-bond donors (Lipinski definition) is 2. The molecule has 0 aliphatic heterocycles. The first-order valence-electron chi connectivity index (χ1n) is 3.94. The summed E-state index contributed by atoms with van der Waals surface area (Å²) in [7, 11) is 1.85. The maximum atomic E-state index is 9.61. The molecule has 1 atom stereocenters. The van der Waals surface area contributed by atoms with Gasteiger partial charge in [0.2, 0.25) is 0 Å². The van der Waals surface area contributed by atoms with Gasteiger partial charge in [0.25, 0.3) is 0 Å². The van der Waals surface area contributed by atoms with E-state index < -0.39 is 5.60 Å². The van der Waals surface area contributed by atoms with Crippen molar-refractivity contribution in [1.29, 1.82) is 0 Å². The van der Waals surface area contributed by atoms with Gasteiger partial charge in [-0.25, -0.2) is 0 Å². The molecule has 12 heavy (non-hydrogen) atoms. The van der Waals surface area contributed by atoms with Crippen LogP contribution < -0.4 is 5.73 Å². The zero-order valence-electron chi connectivity index (χ0n) is 7.49. The van der Waals surface area contributed by atoms with Crippen LogP contribution >= 0.6 is 0 Å². The molecule has 68 valence electrons. The zero-order chi connectivity index (χ0) is 9.19. The predicted molar refractivity (Wildman–Crippen MR) is 46.6 cm³/mol. The third-order valence-corrected chi connectivity index (χ3v) is 1.77. The lowest BCUT2D eigenvalue weighted by Crippen LogP contribution is -2.36. The van der Waals surface area contributed by atoms with Gasteiger partial charge in [0.05, 0.1) is 11.3 Å². The van der Waals surface area contributed by atoms with E-state index in [9.17, 15) is 5.11 Å². The largest absolute Gasteiger partial charge is 0.388 e. The number of hydrogen-bond acceptors (Lipinski definition) is 3. The van der Waals surface area contributed by atoms with Gasteiger partial charge in [0.1, 0.15) is 0 Å². The molecular formula is C8H15N3O. The Kier molecular flexibility index (Phi) is 2.49. The quantitative estimate of drug-likeness (QED) is 0.651. The highest BCUT2D eigenvalue weighted by atomic mass is 16.3. The first-order chi connectivity index (χ1) is 5.53. The van der Waals surface area contributed by atoms with E-state index in [4.69, 9.17) is 5.73 Å². The molecule has 1 aromatic rings. The van der Waals surface area contributed by atoms with Crippen LogP contribution in [0.5, 0.6) is 0 Å². The molecule has 0 aromatic carbocycles. The molecule has 0 saturated carbocycles. The second-order valence-electron chi connectivity index (χ2n) is 3.36. The molecule has 0 aliphatic carbocycles. The number of aromatic nitrogens is 2. The Hall–Kier alpha value is -0.870. The van der Waals surface area contributed by atoms with Crippen molar-refractivity contribution in [3.8, 4) is 0 Å². The Balaban J connectivity index is 2.63. The number of aryl methyl sites for hydroxylation is 1. The Labute approximate surface area is 72.0 Å². The van der Waals surface area contributed by atoms with Gasteiger partial charge in [0.15, 0.2) is 0 Å². The highest BCUT2D eigenvalue weighted by Gasteiger charge is 2.19. The van der Waals surface area contributed by atoms with Crippen molar-refractivity contribution in [2.45, 2.75) is 18.9 Å². The molecule has 0 fully saturated rings. The van der Waals surface area contributed by atoms with Crippen molar-refractivity contribution in [2.24, 2.45) is 12.8 Å². The van der Waals surface area contributed by atoms with Gasteiger partial charge in [-0.05, 0) is 13.0 Å². The van der Waals surface area contributed by atoms with Crippen LogP contribution in [0.2, 0.25) is 0 Å². The normalized spacial score (nSPS) is 16.0. The molecule has 0 bridgehead atoms. The molecular weight excluding hydrogens is 154 g/mol. The SMILES string of the molecule is Cn1ccc(CC(C)(O)CN)n1. The highest BCUT2D eigenvalue weighted by molar-refractivity contribution is 5.03. The summed E-state index contributed by atoms with van der Waals surface area (Å²) in [5.41, 5.74) is 5.41. The van der Waals surface area contributed by atoms with E-state index >= 15 is 0 Å². The summed E-state index contributed by atoms with van der Waals surface area (Å²) < 4.78 is 1.71. The fraction of sp³-hybridized carbons (Fsp3) is 0.625. The summed E-state index contributed by atoms with van der Waals surface area (Å²) in [5.74, 6) is 0. The topological polar surface area (TPSA) is 64.1 Å². The van der Waals surface area contributed by atoms with Crippen LogP contribution in [-0.2, 0) is 13.5 Å². The van der Waals surface area contributed by atoms with Crippen LogP contribution in [0.1, 0.15) is 12.6 Å². The molecule has 1 unspecified atom stereocenters. The first-order valence-corrected chi connectivity index (χ1v) is 3.94. The lowest BCUT2D eigenvalue weighted by molar-refractivity contribution is 0.0685. The van der Waals surface area contributed by atoms with Crippen molar-refractivity contribution in [2.75, 3.05) is 6.54 Å². The highest BCUT2D eigenvalue weighted by Crippen LogP contribution is 2.08. The monoisotopic (exact) mass is 169 g/mol. The average Bonchev–Trinajstić information content (AvgIpc) is 2.35. The second kappa shape index (κ2) is 3.25. The summed E-state index contributed by atoms with van der Waals surface area (Å²) in [5, 5.41) is 13.8. The molecule has 0 radical (unpaired) electrons. The van der Waals surface area contributed by atoms with Crippen molar-refractivity contribution < 1.29 is 5.11 Å². The van der Waals surface area contributed by atoms with Crippen LogP contribution in [0, 0.1) is 0 Å². The summed E-state index contributed by atoms with van der Waals surface area (Å²) in [6.07, 6.45) is 2.35. The van der Waals surface area contributed by atoms with Crippen molar-refractivity contribution in [3.05, 3.63) is 18.0 Å². The van der Waals surface area contributed by atoms with E-state index in [1.165, 1.54) is 0 Å². The molecule has 0 amide bonds. The molecule has 4 heteroatoms. The second-order valence-corrected chi connectivity index (χ2v) is 3.36. The van der Waals surface area contributed by atoms with Gasteiger partial charge in [-0.15, -0.1) is 0 Å². The Bertz CT molecular complexity index is 255. The van der Waals surface area contributed by atoms with Gasteiger partial charge in [-0.2, -0.15) is 5.10 Å². The predicted octanol–water partition coefficient (Wildman–Crippen LogP) is -0.328. The smallest absolute Gasteiger partial charge is 0.0797 e. The fourth-order valence-electron chi connectivity index (χ4n) is 1.02. The van der Waals surface area contributed by atoms with E-state index in [0.29, 0.717) is 6.42 Å². The summed E-state index contributed by atoms with van der Waals surface area (Å²) >= 11 is 0. The van der Waals surface area contributed by atoms with Gasteiger partial charge >= 0.3 is 0 Å². The Morgan fingerprint density at radius 2 is 2.42 bits per heavy atom. The maximum absolute atomic E-state index is 9.61. The third-order valence-electron chi connectivity index (χ3n) is 1.77. The Morgan fingerprint density at radius 1 is 1.75 bits per heavy atom. The van der Waals surface area contributed by atoms with Crippen LogP contribution in [0.25, 0.3) is 0 Å². The molecule has 1 aromatic heterocycles. The molecule has 0 saturated heterocycles. The van der Waals surface area contributed by atoms with Crippen LogP contribution in [0.3, 0.4) is 0 Å². The standard InChI is InChI=1S/C8H15N3O/c1-8(12,6-9)5-7-3-4-11(2)10-7/h3-4,12H,5-6,9H2,1-2H3. The first kappa shape index (κ1) is 9.22. The summed E-state index contributed by atoms with van der Waals surface area (Å²) in [6.45, 7) is 1.96. The van der Waals surface area contributed by atoms with E-state index in [-0.39, 0.29) is 6.54 Å². The van der Waals surface area contributed by atoms with E-state index in [0.717, 1.165) is 5.69 Å². The minimum Gasteiger partial charge on any atom is -0.388 e. The van der Waals surface area contributed by atoms with E-state index in [1.807, 2.05) is 19.3 Å². The van der Waals surface area contributed by atoms with Gasteiger partial charge < -0.3 is 10.8 Å². The molecule has 4 nitrogen and oxygen atoms in total. The van der Waals surface area contributed by atoms with E-state index in [2.05, 4.69) is 5.10 Å². The average molecular weight is 169 g/mol. The molecule has 1 rings (SSSR count). The number of aliphatic hydroxyl groups is 1. The van der Waals surface area contributed by atoms with Crippen molar-refractivity contribution >= 4 is 0 Å². The van der Waals surface area contributed by atoms with Crippen LogP contribution in [0.15, 0.2) is 12.3 Å². The van der Waals surface area contributed by atoms with Gasteiger partial charge in [0, 0.05) is 26.2 Å². The lowest BCUT2D eigenvalue weighted by atomic mass is 10.0. The molecule has 0 spiro atoms. The number of nitrogens with zero attached hydrogens (tertiary/aromatic N) is 2. The Morgan fingerprint density at radius 3 is 2.83 bits per heavy atom. The number of rotatable bonds is 3. The van der Waals surface area contributed by atoms with Crippen molar-refractivity contribution in [1.82, 2.24) is 9.78 Å². The molecule has 3 N–H and O–H groups in total. The van der Waals surface area contributed by atoms with Crippen LogP contribution in [-0.4, -0.2) is 27.0 Å². The molecule has 1 heterocycles. The lowest BCUT2D eigenvalue weighted by Gasteiger charge is -2.19. The fourth-order valence-corrected chi connectivity index (χ4v) is 1.02. The van der Waals surface area contributed by atoms with Crippen molar-refractivity contribution in [3.63, 3.8) is 0 Å². The minimum atomic E-state index is -0.839. The molecule has 0 aliphatic rings. The van der Waals surface area contributed by atoms with Crippen LogP contribution in [0.4, 0.5) is 0 Å². The number of nitrogens with two attached hydrogens (primary N) is 1. The third kappa shape index (κ3) is 2.32.